The number of benzene rings is 1. The highest BCUT2D eigenvalue weighted by Crippen LogP contribution is 2.16. The minimum absolute atomic E-state index is 0.188. The molecule has 2 rings (SSSR count). The van der Waals surface area contributed by atoms with Gasteiger partial charge in [0.25, 0.3) is 0 Å². The number of carbonyl (C=O) groups excluding carboxylic acids is 1. The number of anilines is 1. The van der Waals surface area contributed by atoms with Crippen LogP contribution in [0.15, 0.2) is 24.3 Å². The number of piperazine rings is 1. The molecule has 0 spiro atoms. The molecule has 1 saturated heterocycles. The maximum absolute atomic E-state index is 12.2. The molecule has 1 aromatic carbocycles. The Morgan fingerprint density at radius 3 is 2.57 bits per heavy atom. The van der Waals surface area contributed by atoms with Gasteiger partial charge in [0, 0.05) is 38.4 Å². The van der Waals surface area contributed by atoms with Crippen LogP contribution >= 0.6 is 0 Å². The number of carbonyl (C=O) groups is 1. The summed E-state index contributed by atoms with van der Waals surface area (Å²) in [7, 11) is 0. The first-order valence-corrected chi connectivity index (χ1v) is 8.44. The highest BCUT2D eigenvalue weighted by atomic mass is 16.6. The average Bonchev–Trinajstić information content (AvgIpc) is 2.53. The third kappa shape index (κ3) is 5.43. The van der Waals surface area contributed by atoms with Crippen LogP contribution in [0.25, 0.3) is 0 Å². The number of rotatable bonds is 5. The molecule has 0 radical (unpaired) electrons. The molecule has 1 aliphatic rings. The summed E-state index contributed by atoms with van der Waals surface area (Å²) in [5.74, 6) is 0. The van der Waals surface area contributed by atoms with Gasteiger partial charge in [-0.2, -0.15) is 0 Å². The lowest BCUT2D eigenvalue weighted by atomic mass is 10.1. The Balaban J connectivity index is 1.74. The van der Waals surface area contributed by atoms with Gasteiger partial charge in [-0.05, 0) is 44.4 Å². The monoisotopic (exact) mass is 319 g/mol. The molecule has 2 N–H and O–H groups in total. The van der Waals surface area contributed by atoms with Crippen molar-refractivity contribution in [3.05, 3.63) is 29.8 Å². The molecule has 1 aliphatic heterocycles. The maximum Gasteiger partial charge on any atom is 0.410 e. The molecule has 5 nitrogen and oxygen atoms in total. The van der Waals surface area contributed by atoms with Crippen molar-refractivity contribution < 1.29 is 9.53 Å². The summed E-state index contributed by atoms with van der Waals surface area (Å²) in [6, 6.07) is 8.04. The molecular formula is C18H29N3O2. The molecule has 128 valence electrons. The lowest BCUT2D eigenvalue weighted by Gasteiger charge is -2.36. The number of hydrogen-bond donors (Lipinski definition) is 1. The lowest BCUT2D eigenvalue weighted by molar-refractivity contribution is 0.00271. The van der Waals surface area contributed by atoms with Crippen LogP contribution in [0.3, 0.4) is 0 Å². The van der Waals surface area contributed by atoms with Crippen molar-refractivity contribution in [2.45, 2.75) is 39.2 Å². The topological polar surface area (TPSA) is 58.8 Å². The van der Waals surface area contributed by atoms with E-state index in [0.29, 0.717) is 0 Å². The summed E-state index contributed by atoms with van der Waals surface area (Å²) in [4.78, 5) is 16.4. The van der Waals surface area contributed by atoms with Gasteiger partial charge in [-0.15, -0.1) is 0 Å². The van der Waals surface area contributed by atoms with E-state index in [9.17, 15) is 4.79 Å². The Hall–Kier alpha value is -1.75. The Bertz CT molecular complexity index is 523. The normalized spacial score (nSPS) is 16.4. The standard InChI is InChI=1S/C18H29N3O2/c1-4-18(2,3)23-17(22)21-12-10-20(11-13-21)9-8-15-6-5-7-16(19)14-15/h5-7,14H,4,8-13,19H2,1-3H3. The van der Waals surface area contributed by atoms with Gasteiger partial charge in [0.1, 0.15) is 5.60 Å². The van der Waals surface area contributed by atoms with Crippen molar-refractivity contribution in [2.24, 2.45) is 0 Å². The van der Waals surface area contributed by atoms with E-state index in [1.807, 2.05) is 43.9 Å². The Kier molecular flexibility index (Phi) is 5.88. The minimum Gasteiger partial charge on any atom is -0.443 e. The zero-order chi connectivity index (χ0) is 16.9. The van der Waals surface area contributed by atoms with E-state index in [2.05, 4.69) is 11.0 Å². The fourth-order valence-corrected chi connectivity index (χ4v) is 2.56. The number of nitrogens with zero attached hydrogens (tertiary/aromatic N) is 2. The number of ether oxygens (including phenoxy) is 1. The van der Waals surface area contributed by atoms with Gasteiger partial charge in [0.05, 0.1) is 0 Å². The summed E-state index contributed by atoms with van der Waals surface area (Å²) in [6.07, 6.45) is 1.62. The molecule has 0 atom stereocenters. The summed E-state index contributed by atoms with van der Waals surface area (Å²) in [5.41, 5.74) is 7.50. The van der Waals surface area contributed by atoms with Crippen molar-refractivity contribution in [1.29, 1.82) is 0 Å². The predicted octanol–water partition coefficient (Wildman–Crippen LogP) is 2.75. The van der Waals surface area contributed by atoms with E-state index < -0.39 is 0 Å². The first kappa shape index (κ1) is 17.6. The van der Waals surface area contributed by atoms with Crippen LogP contribution in [-0.4, -0.2) is 54.2 Å². The van der Waals surface area contributed by atoms with Gasteiger partial charge in [-0.25, -0.2) is 4.79 Å². The van der Waals surface area contributed by atoms with Crippen LogP contribution in [0.5, 0.6) is 0 Å². The van der Waals surface area contributed by atoms with Crippen LogP contribution in [0.1, 0.15) is 32.8 Å². The third-order valence-corrected chi connectivity index (χ3v) is 4.51. The van der Waals surface area contributed by atoms with Gasteiger partial charge < -0.3 is 15.4 Å². The molecule has 1 amide bonds. The summed E-state index contributed by atoms with van der Waals surface area (Å²) >= 11 is 0. The molecule has 5 heteroatoms. The quantitative estimate of drug-likeness (QED) is 0.848. The first-order valence-electron chi connectivity index (χ1n) is 8.44. The number of nitrogens with two attached hydrogens (primary N) is 1. The molecule has 1 heterocycles. The second-order valence-electron chi connectivity index (χ2n) is 6.80. The van der Waals surface area contributed by atoms with Crippen molar-refractivity contribution in [2.75, 3.05) is 38.5 Å². The average molecular weight is 319 g/mol. The van der Waals surface area contributed by atoms with Gasteiger partial charge in [0.2, 0.25) is 0 Å². The zero-order valence-corrected chi connectivity index (χ0v) is 14.5. The molecule has 1 fully saturated rings. The summed E-state index contributed by atoms with van der Waals surface area (Å²) in [6.45, 7) is 10.2. The fraction of sp³-hybridized carbons (Fsp3) is 0.611. The van der Waals surface area contributed by atoms with E-state index in [-0.39, 0.29) is 11.7 Å². The molecule has 0 unspecified atom stereocenters. The van der Waals surface area contributed by atoms with Crippen LogP contribution in [0, 0.1) is 0 Å². The molecule has 0 bridgehead atoms. The van der Waals surface area contributed by atoms with Gasteiger partial charge in [-0.3, -0.25) is 4.90 Å². The van der Waals surface area contributed by atoms with E-state index in [4.69, 9.17) is 10.5 Å². The van der Waals surface area contributed by atoms with E-state index in [0.717, 1.165) is 51.3 Å². The fourth-order valence-electron chi connectivity index (χ4n) is 2.56. The highest BCUT2D eigenvalue weighted by molar-refractivity contribution is 5.68. The van der Waals surface area contributed by atoms with Crippen molar-refractivity contribution in [3.8, 4) is 0 Å². The Morgan fingerprint density at radius 2 is 1.96 bits per heavy atom. The smallest absolute Gasteiger partial charge is 0.410 e. The third-order valence-electron chi connectivity index (χ3n) is 4.51. The highest BCUT2D eigenvalue weighted by Gasteiger charge is 2.27. The molecule has 0 aliphatic carbocycles. The van der Waals surface area contributed by atoms with Crippen LogP contribution < -0.4 is 5.73 Å². The summed E-state index contributed by atoms with van der Waals surface area (Å²) in [5, 5.41) is 0. The SMILES string of the molecule is CCC(C)(C)OC(=O)N1CCN(CCc2cccc(N)c2)CC1. The molecule has 23 heavy (non-hydrogen) atoms. The second-order valence-corrected chi connectivity index (χ2v) is 6.80. The van der Waals surface area contributed by atoms with Gasteiger partial charge in [-0.1, -0.05) is 19.1 Å². The molecule has 1 aromatic rings. The van der Waals surface area contributed by atoms with E-state index in [1.54, 1.807) is 0 Å². The Labute approximate surface area is 139 Å². The van der Waals surface area contributed by atoms with Crippen molar-refractivity contribution >= 4 is 11.8 Å². The minimum atomic E-state index is -0.387. The van der Waals surface area contributed by atoms with Crippen LogP contribution in [0.4, 0.5) is 10.5 Å². The van der Waals surface area contributed by atoms with Crippen molar-refractivity contribution in [1.82, 2.24) is 9.80 Å². The van der Waals surface area contributed by atoms with Gasteiger partial charge in [0.15, 0.2) is 0 Å². The second kappa shape index (κ2) is 7.68. The Morgan fingerprint density at radius 1 is 1.26 bits per heavy atom. The van der Waals surface area contributed by atoms with Crippen LogP contribution in [-0.2, 0) is 11.2 Å². The van der Waals surface area contributed by atoms with Crippen LogP contribution in [0.2, 0.25) is 0 Å². The molecule has 0 aromatic heterocycles. The predicted molar refractivity (Wildman–Crippen MR) is 93.4 cm³/mol. The number of amides is 1. The lowest BCUT2D eigenvalue weighted by Crippen LogP contribution is -2.50. The molecule has 0 saturated carbocycles. The van der Waals surface area contributed by atoms with E-state index >= 15 is 0 Å². The zero-order valence-electron chi connectivity index (χ0n) is 14.5. The number of nitrogen functional groups attached to an aromatic ring is 1. The number of hydrogen-bond acceptors (Lipinski definition) is 4. The molecular weight excluding hydrogens is 290 g/mol. The van der Waals surface area contributed by atoms with Crippen molar-refractivity contribution in [3.63, 3.8) is 0 Å². The van der Waals surface area contributed by atoms with E-state index in [1.165, 1.54) is 5.56 Å². The maximum atomic E-state index is 12.2. The first-order chi connectivity index (χ1) is 10.9. The van der Waals surface area contributed by atoms with Gasteiger partial charge >= 0.3 is 6.09 Å². The largest absolute Gasteiger partial charge is 0.443 e. The summed E-state index contributed by atoms with van der Waals surface area (Å²) < 4.78 is 5.56.